The Balaban J connectivity index is 1.58. The SMILES string of the molecule is Cn1cc(C(C)(CNC(=O)c2cc(-c3ncc(F)cc3F)on2)c2cccc(Cl)n2)cn1. The number of carbonyl (C=O) groups is 1. The third kappa shape index (κ3) is 4.22. The largest absolute Gasteiger partial charge is 0.354 e. The molecule has 0 bridgehead atoms. The minimum Gasteiger partial charge on any atom is -0.354 e. The van der Waals surface area contributed by atoms with Gasteiger partial charge in [-0.15, -0.1) is 0 Å². The molecule has 4 aromatic rings. The van der Waals surface area contributed by atoms with Crippen LogP contribution in [0, 0.1) is 11.6 Å². The van der Waals surface area contributed by atoms with Crippen molar-refractivity contribution >= 4 is 17.5 Å². The lowest BCUT2D eigenvalue weighted by Gasteiger charge is -2.28. The number of amides is 1. The molecule has 0 fully saturated rings. The number of aryl methyl sites for hydroxylation is 1. The minimum atomic E-state index is -0.927. The maximum absolute atomic E-state index is 13.9. The number of pyridine rings is 2. The minimum absolute atomic E-state index is 0.0851. The molecule has 0 aromatic carbocycles. The first-order valence-electron chi connectivity index (χ1n) is 9.45. The van der Waals surface area contributed by atoms with Crippen LogP contribution in [-0.2, 0) is 12.5 Å². The van der Waals surface area contributed by atoms with E-state index in [4.69, 9.17) is 16.1 Å². The van der Waals surface area contributed by atoms with E-state index in [1.807, 2.05) is 19.2 Å². The maximum Gasteiger partial charge on any atom is 0.273 e. The van der Waals surface area contributed by atoms with Gasteiger partial charge in [0.25, 0.3) is 5.91 Å². The Kier molecular flexibility index (Phi) is 5.70. The fourth-order valence-electron chi connectivity index (χ4n) is 3.20. The monoisotopic (exact) mass is 458 g/mol. The van der Waals surface area contributed by atoms with Crippen LogP contribution >= 0.6 is 11.6 Å². The third-order valence-electron chi connectivity index (χ3n) is 5.01. The van der Waals surface area contributed by atoms with Crippen LogP contribution < -0.4 is 5.32 Å². The molecule has 164 valence electrons. The summed E-state index contributed by atoms with van der Waals surface area (Å²) in [6.45, 7) is 2.03. The van der Waals surface area contributed by atoms with Gasteiger partial charge in [0, 0.05) is 37.5 Å². The molecule has 0 saturated heterocycles. The summed E-state index contributed by atoms with van der Waals surface area (Å²) in [6, 6.07) is 7.14. The van der Waals surface area contributed by atoms with Crippen molar-refractivity contribution in [2.75, 3.05) is 6.54 Å². The summed E-state index contributed by atoms with van der Waals surface area (Å²) in [5.74, 6) is -2.41. The van der Waals surface area contributed by atoms with Gasteiger partial charge in [-0.05, 0) is 19.1 Å². The second-order valence-electron chi connectivity index (χ2n) is 7.32. The number of carbonyl (C=O) groups excluding carboxylic acids is 1. The average Bonchev–Trinajstić information content (AvgIpc) is 3.41. The van der Waals surface area contributed by atoms with Gasteiger partial charge in [0.2, 0.25) is 0 Å². The number of rotatable bonds is 6. The average molecular weight is 459 g/mol. The van der Waals surface area contributed by atoms with Gasteiger partial charge in [-0.3, -0.25) is 9.48 Å². The smallest absolute Gasteiger partial charge is 0.273 e. The quantitative estimate of drug-likeness (QED) is 0.444. The molecule has 1 amide bonds. The van der Waals surface area contributed by atoms with Crippen LogP contribution in [0.1, 0.15) is 28.7 Å². The van der Waals surface area contributed by atoms with Crippen molar-refractivity contribution in [3.05, 3.63) is 82.7 Å². The highest BCUT2D eigenvalue weighted by molar-refractivity contribution is 6.29. The third-order valence-corrected chi connectivity index (χ3v) is 5.22. The predicted octanol–water partition coefficient (Wildman–Crippen LogP) is 3.53. The van der Waals surface area contributed by atoms with Crippen LogP contribution in [0.3, 0.4) is 0 Å². The number of nitrogens with one attached hydrogen (secondary N) is 1. The van der Waals surface area contributed by atoms with Gasteiger partial charge in [0.1, 0.15) is 16.7 Å². The maximum atomic E-state index is 13.9. The molecule has 0 radical (unpaired) electrons. The Labute approximate surface area is 186 Å². The van der Waals surface area contributed by atoms with Crippen LogP contribution in [0.25, 0.3) is 11.5 Å². The topological polar surface area (TPSA) is 98.7 Å². The molecule has 0 aliphatic carbocycles. The van der Waals surface area contributed by atoms with Crippen molar-refractivity contribution in [2.45, 2.75) is 12.3 Å². The summed E-state index contributed by atoms with van der Waals surface area (Å²) in [7, 11) is 1.79. The number of aromatic nitrogens is 5. The zero-order chi connectivity index (χ0) is 22.9. The van der Waals surface area contributed by atoms with E-state index in [9.17, 15) is 13.6 Å². The molecule has 0 spiro atoms. The predicted molar refractivity (Wildman–Crippen MR) is 111 cm³/mol. The molecule has 4 heterocycles. The van der Waals surface area contributed by atoms with Gasteiger partial charge in [-0.25, -0.2) is 18.7 Å². The van der Waals surface area contributed by atoms with Crippen molar-refractivity contribution in [3.8, 4) is 11.5 Å². The van der Waals surface area contributed by atoms with Crippen LogP contribution in [-0.4, -0.2) is 37.4 Å². The van der Waals surface area contributed by atoms with Gasteiger partial charge in [-0.2, -0.15) is 5.10 Å². The van der Waals surface area contributed by atoms with Crippen LogP contribution in [0.15, 0.2) is 53.4 Å². The molecule has 1 N–H and O–H groups in total. The molecule has 11 heteroatoms. The van der Waals surface area contributed by atoms with E-state index in [0.29, 0.717) is 16.9 Å². The van der Waals surface area contributed by atoms with Crippen molar-refractivity contribution in [2.24, 2.45) is 7.05 Å². The molecule has 4 aromatic heterocycles. The van der Waals surface area contributed by atoms with E-state index >= 15 is 0 Å². The molecule has 1 atom stereocenters. The van der Waals surface area contributed by atoms with Crippen molar-refractivity contribution in [1.29, 1.82) is 0 Å². The van der Waals surface area contributed by atoms with E-state index < -0.39 is 23.0 Å². The lowest BCUT2D eigenvalue weighted by atomic mass is 9.80. The van der Waals surface area contributed by atoms with Crippen molar-refractivity contribution < 1.29 is 18.1 Å². The standard InChI is InChI=1S/C21H17ClF2N6O2/c1-21(12-8-27-30(2)10-12,17-4-3-5-18(22)28-17)11-26-20(31)15-7-16(32-29-15)19-14(24)6-13(23)9-25-19/h3-10H,11H2,1-2H3,(H,26,31). The summed E-state index contributed by atoms with van der Waals surface area (Å²) in [5, 5.41) is 11.0. The second kappa shape index (κ2) is 8.46. The number of nitrogens with zero attached hydrogens (tertiary/aromatic N) is 5. The Morgan fingerprint density at radius 2 is 2.09 bits per heavy atom. The molecule has 32 heavy (non-hydrogen) atoms. The first-order valence-corrected chi connectivity index (χ1v) is 9.82. The fraction of sp³-hybridized carbons (Fsp3) is 0.190. The normalized spacial score (nSPS) is 13.0. The van der Waals surface area contributed by atoms with Gasteiger partial charge >= 0.3 is 0 Å². The van der Waals surface area contributed by atoms with E-state index in [1.54, 1.807) is 30.1 Å². The highest BCUT2D eigenvalue weighted by atomic mass is 35.5. The van der Waals surface area contributed by atoms with Gasteiger partial charge in [-0.1, -0.05) is 22.8 Å². The Morgan fingerprint density at radius 1 is 1.28 bits per heavy atom. The van der Waals surface area contributed by atoms with E-state index in [0.717, 1.165) is 11.8 Å². The number of hydrogen-bond acceptors (Lipinski definition) is 6. The van der Waals surface area contributed by atoms with Crippen molar-refractivity contribution in [3.63, 3.8) is 0 Å². The first kappa shape index (κ1) is 21.6. The highest BCUT2D eigenvalue weighted by Crippen LogP contribution is 2.31. The van der Waals surface area contributed by atoms with E-state index in [-0.39, 0.29) is 23.7 Å². The van der Waals surface area contributed by atoms with E-state index in [1.165, 1.54) is 6.07 Å². The highest BCUT2D eigenvalue weighted by Gasteiger charge is 2.33. The van der Waals surface area contributed by atoms with Crippen molar-refractivity contribution in [1.82, 2.24) is 30.2 Å². The zero-order valence-electron chi connectivity index (χ0n) is 17.0. The molecular weight excluding hydrogens is 442 g/mol. The molecule has 0 aliphatic heterocycles. The fourth-order valence-corrected chi connectivity index (χ4v) is 3.36. The lowest BCUT2D eigenvalue weighted by Crippen LogP contribution is -2.40. The summed E-state index contributed by atoms with van der Waals surface area (Å²) < 4.78 is 33.7. The second-order valence-corrected chi connectivity index (χ2v) is 7.71. The van der Waals surface area contributed by atoms with Crippen LogP contribution in [0.5, 0.6) is 0 Å². The Bertz CT molecular complexity index is 1290. The summed E-state index contributed by atoms with van der Waals surface area (Å²) in [4.78, 5) is 20.8. The Morgan fingerprint density at radius 3 is 2.78 bits per heavy atom. The Hall–Kier alpha value is -3.66. The molecule has 8 nitrogen and oxygen atoms in total. The summed E-state index contributed by atoms with van der Waals surface area (Å²) in [6.07, 6.45) is 4.36. The zero-order valence-corrected chi connectivity index (χ0v) is 17.8. The van der Waals surface area contributed by atoms with Crippen LogP contribution in [0.2, 0.25) is 5.15 Å². The molecule has 0 aliphatic rings. The van der Waals surface area contributed by atoms with Gasteiger partial charge in [0.15, 0.2) is 17.3 Å². The first-order chi connectivity index (χ1) is 15.3. The summed E-state index contributed by atoms with van der Waals surface area (Å²) in [5.41, 5.74) is 0.357. The van der Waals surface area contributed by atoms with Gasteiger partial charge in [0.05, 0.1) is 23.5 Å². The lowest BCUT2D eigenvalue weighted by molar-refractivity contribution is 0.0938. The summed E-state index contributed by atoms with van der Waals surface area (Å²) >= 11 is 6.08. The molecular formula is C21H17ClF2N6O2. The molecule has 1 unspecified atom stereocenters. The number of halogens is 3. The van der Waals surface area contributed by atoms with Crippen LogP contribution in [0.4, 0.5) is 8.78 Å². The number of hydrogen-bond donors (Lipinski definition) is 1. The van der Waals surface area contributed by atoms with E-state index in [2.05, 4.69) is 25.5 Å². The van der Waals surface area contributed by atoms with Gasteiger partial charge < -0.3 is 9.84 Å². The molecule has 0 saturated carbocycles. The molecule has 4 rings (SSSR count).